The number of carbonyl (C=O) groups excluding carboxylic acids is 2. The van der Waals surface area contributed by atoms with Crippen molar-refractivity contribution >= 4 is 33.4 Å². The van der Waals surface area contributed by atoms with Gasteiger partial charge in [-0.15, -0.1) is 0 Å². The number of carbonyl (C=O) groups is 2. The van der Waals surface area contributed by atoms with E-state index in [0.717, 1.165) is 33.0 Å². The maximum absolute atomic E-state index is 13.6. The van der Waals surface area contributed by atoms with Gasteiger partial charge in [-0.2, -0.15) is 0 Å². The minimum Gasteiger partial charge on any atom is -0.352 e. The van der Waals surface area contributed by atoms with E-state index < -0.39 is 5.54 Å². The Bertz CT molecular complexity index is 1720. The summed E-state index contributed by atoms with van der Waals surface area (Å²) >= 11 is 0. The molecule has 0 atom stereocenters. The van der Waals surface area contributed by atoms with Crippen LogP contribution >= 0.6 is 0 Å². The molecule has 0 aliphatic heterocycles. The molecular formula is C40H36N2O2. The van der Waals surface area contributed by atoms with Crippen LogP contribution in [0, 0.1) is 0 Å². The van der Waals surface area contributed by atoms with Crippen molar-refractivity contribution in [2.75, 3.05) is 0 Å². The van der Waals surface area contributed by atoms with Gasteiger partial charge in [0, 0.05) is 19.4 Å². The predicted molar refractivity (Wildman–Crippen MR) is 179 cm³/mol. The zero-order chi connectivity index (χ0) is 30.2. The first-order valence-corrected chi connectivity index (χ1v) is 15.3. The van der Waals surface area contributed by atoms with E-state index in [9.17, 15) is 9.59 Å². The summed E-state index contributed by atoms with van der Waals surface area (Å²) in [6.07, 6.45) is 1.95. The Morgan fingerprint density at radius 1 is 0.500 bits per heavy atom. The van der Waals surface area contributed by atoms with Crippen LogP contribution in [-0.4, -0.2) is 11.8 Å². The number of hydrogen-bond acceptors (Lipinski definition) is 2. The lowest BCUT2D eigenvalue weighted by atomic mass is 9.77. The SMILES string of the molecule is O=C(CCCCC(=O)NC(c1ccccc1)(c1ccccc1)c1ccccc1)NCc1c2ccccc2cc2ccccc12. The van der Waals surface area contributed by atoms with Gasteiger partial charge in [-0.05, 0) is 62.7 Å². The molecule has 0 saturated carbocycles. The zero-order valence-electron chi connectivity index (χ0n) is 24.7. The Labute approximate surface area is 258 Å². The third-order valence-corrected chi connectivity index (χ3v) is 8.35. The number of fused-ring (bicyclic) bond motifs is 2. The quantitative estimate of drug-likeness (QED) is 0.0926. The second-order valence-corrected chi connectivity index (χ2v) is 11.2. The second kappa shape index (κ2) is 13.4. The van der Waals surface area contributed by atoms with Crippen molar-refractivity contribution in [2.45, 2.75) is 37.8 Å². The topological polar surface area (TPSA) is 58.2 Å². The lowest BCUT2D eigenvalue weighted by Gasteiger charge is -2.37. The number of rotatable bonds is 11. The van der Waals surface area contributed by atoms with Gasteiger partial charge in [0.1, 0.15) is 5.54 Å². The van der Waals surface area contributed by atoms with E-state index in [-0.39, 0.29) is 11.8 Å². The van der Waals surface area contributed by atoms with Gasteiger partial charge in [0.15, 0.2) is 0 Å². The van der Waals surface area contributed by atoms with Crippen LogP contribution in [0.3, 0.4) is 0 Å². The first-order valence-electron chi connectivity index (χ1n) is 15.3. The smallest absolute Gasteiger partial charge is 0.221 e. The normalized spacial score (nSPS) is 11.4. The van der Waals surface area contributed by atoms with Crippen LogP contribution < -0.4 is 10.6 Å². The molecule has 0 spiro atoms. The summed E-state index contributed by atoms with van der Waals surface area (Å²) in [7, 11) is 0. The second-order valence-electron chi connectivity index (χ2n) is 11.2. The average molecular weight is 577 g/mol. The highest BCUT2D eigenvalue weighted by Gasteiger charge is 2.37. The van der Waals surface area contributed by atoms with E-state index in [1.807, 2.05) is 78.9 Å². The molecule has 0 radical (unpaired) electrons. The van der Waals surface area contributed by atoms with Crippen LogP contribution in [0.25, 0.3) is 21.5 Å². The lowest BCUT2D eigenvalue weighted by molar-refractivity contribution is -0.123. The van der Waals surface area contributed by atoms with Crippen molar-refractivity contribution in [3.63, 3.8) is 0 Å². The number of nitrogens with one attached hydrogen (secondary N) is 2. The third-order valence-electron chi connectivity index (χ3n) is 8.35. The van der Waals surface area contributed by atoms with Crippen LogP contribution in [0.2, 0.25) is 0 Å². The van der Waals surface area contributed by atoms with Crippen LogP contribution in [0.4, 0.5) is 0 Å². The Morgan fingerprint density at radius 2 is 0.909 bits per heavy atom. The zero-order valence-corrected chi connectivity index (χ0v) is 24.7. The third kappa shape index (κ3) is 6.11. The van der Waals surface area contributed by atoms with E-state index in [1.54, 1.807) is 0 Å². The fourth-order valence-electron chi connectivity index (χ4n) is 6.20. The Hall–Kier alpha value is -5.22. The van der Waals surface area contributed by atoms with Crippen molar-refractivity contribution in [1.82, 2.24) is 10.6 Å². The summed E-state index contributed by atoms with van der Waals surface area (Å²) in [5.41, 5.74) is 3.27. The van der Waals surface area contributed by atoms with Gasteiger partial charge in [-0.3, -0.25) is 9.59 Å². The monoisotopic (exact) mass is 576 g/mol. The number of benzene rings is 6. The number of hydrogen-bond donors (Lipinski definition) is 2. The summed E-state index contributed by atoms with van der Waals surface area (Å²) in [6, 6.07) is 49.1. The van der Waals surface area contributed by atoms with E-state index in [4.69, 9.17) is 0 Å². The molecule has 44 heavy (non-hydrogen) atoms. The fourth-order valence-corrected chi connectivity index (χ4v) is 6.20. The molecular weight excluding hydrogens is 540 g/mol. The first kappa shape index (κ1) is 28.9. The predicted octanol–water partition coefficient (Wildman–Crippen LogP) is 8.28. The highest BCUT2D eigenvalue weighted by atomic mass is 16.2. The maximum atomic E-state index is 13.6. The summed E-state index contributed by atoms with van der Waals surface area (Å²) in [4.78, 5) is 26.5. The molecule has 0 aromatic heterocycles. The molecule has 0 fully saturated rings. The van der Waals surface area contributed by atoms with Crippen molar-refractivity contribution < 1.29 is 9.59 Å². The largest absolute Gasteiger partial charge is 0.352 e. The van der Waals surface area contributed by atoms with Gasteiger partial charge < -0.3 is 10.6 Å². The summed E-state index contributed by atoms with van der Waals surface area (Å²) in [6.45, 7) is 0.467. The molecule has 0 saturated heterocycles. The Morgan fingerprint density at radius 3 is 1.39 bits per heavy atom. The van der Waals surface area contributed by atoms with Gasteiger partial charge >= 0.3 is 0 Å². The van der Waals surface area contributed by atoms with Crippen LogP contribution in [0.15, 0.2) is 146 Å². The van der Waals surface area contributed by atoms with E-state index >= 15 is 0 Å². The van der Waals surface area contributed by atoms with E-state index in [0.29, 0.717) is 32.2 Å². The molecule has 4 heteroatoms. The van der Waals surface area contributed by atoms with Crippen molar-refractivity contribution in [2.24, 2.45) is 0 Å². The molecule has 2 N–H and O–H groups in total. The van der Waals surface area contributed by atoms with Crippen molar-refractivity contribution in [1.29, 1.82) is 0 Å². The Kier molecular flexibility index (Phi) is 8.79. The van der Waals surface area contributed by atoms with Gasteiger partial charge in [0.05, 0.1) is 0 Å². The highest BCUT2D eigenvalue weighted by Crippen LogP contribution is 2.37. The molecule has 0 aliphatic rings. The fraction of sp³-hybridized carbons (Fsp3) is 0.150. The molecule has 218 valence electrons. The molecule has 6 aromatic rings. The molecule has 6 aromatic carbocycles. The lowest BCUT2D eigenvalue weighted by Crippen LogP contribution is -2.47. The van der Waals surface area contributed by atoms with Crippen LogP contribution in [0.5, 0.6) is 0 Å². The van der Waals surface area contributed by atoms with Gasteiger partial charge in [0.25, 0.3) is 0 Å². The maximum Gasteiger partial charge on any atom is 0.221 e. The minimum absolute atomic E-state index is 0.00498. The standard InChI is InChI=1S/C40H36N2O2/c43-38(41-29-37-35-24-12-10-16-30(35)28-31-17-11-13-25-36(31)37)26-14-15-27-39(44)42-40(32-18-4-1-5-19-32,33-20-6-2-7-21-33)34-22-8-3-9-23-34/h1-13,16-25,28H,14-15,26-27,29H2,(H,41,43)(H,42,44). The minimum atomic E-state index is -0.834. The molecule has 0 unspecified atom stereocenters. The Balaban J connectivity index is 1.11. The number of amides is 2. The van der Waals surface area contributed by atoms with Crippen molar-refractivity contribution in [3.8, 4) is 0 Å². The summed E-state index contributed by atoms with van der Waals surface area (Å²) in [5, 5.41) is 11.2. The molecule has 6 rings (SSSR count). The molecule has 4 nitrogen and oxygen atoms in total. The molecule has 2 amide bonds. The summed E-state index contributed by atoms with van der Waals surface area (Å²) < 4.78 is 0. The highest BCUT2D eigenvalue weighted by molar-refractivity contribution is 6.02. The van der Waals surface area contributed by atoms with Crippen LogP contribution in [0.1, 0.15) is 47.9 Å². The average Bonchev–Trinajstić information content (AvgIpc) is 3.08. The first-order chi connectivity index (χ1) is 21.6. The summed E-state index contributed by atoms with van der Waals surface area (Å²) in [5.74, 6) is -0.0566. The van der Waals surface area contributed by atoms with Gasteiger partial charge in [-0.1, -0.05) is 140 Å². The van der Waals surface area contributed by atoms with E-state index in [1.165, 1.54) is 10.8 Å². The van der Waals surface area contributed by atoms with Gasteiger partial charge in [0.2, 0.25) is 11.8 Å². The molecule has 0 heterocycles. The molecule has 0 bridgehead atoms. The molecule has 0 aliphatic carbocycles. The van der Waals surface area contributed by atoms with E-state index in [2.05, 4.69) is 77.4 Å². The number of unbranched alkanes of at least 4 members (excludes halogenated alkanes) is 1. The van der Waals surface area contributed by atoms with Crippen LogP contribution in [-0.2, 0) is 21.7 Å². The van der Waals surface area contributed by atoms with Gasteiger partial charge in [-0.25, -0.2) is 0 Å². The van der Waals surface area contributed by atoms with Crippen molar-refractivity contribution in [3.05, 3.63) is 168 Å².